The molecule has 0 aliphatic rings. The highest BCUT2D eigenvalue weighted by atomic mass is 16.6. The van der Waals surface area contributed by atoms with Crippen molar-refractivity contribution in [1.29, 1.82) is 0 Å². The first-order valence-corrected chi connectivity index (χ1v) is 9.74. The van der Waals surface area contributed by atoms with Crippen molar-refractivity contribution in [2.45, 2.75) is 45.4 Å². The summed E-state index contributed by atoms with van der Waals surface area (Å²) in [5, 5.41) is 0. The van der Waals surface area contributed by atoms with E-state index in [9.17, 15) is 9.59 Å². The number of esters is 2. The average molecular weight is 392 g/mol. The first-order chi connectivity index (χ1) is 13.2. The van der Waals surface area contributed by atoms with Gasteiger partial charge >= 0.3 is 11.9 Å². The molecule has 0 saturated heterocycles. The van der Waals surface area contributed by atoms with Crippen LogP contribution < -0.4 is 0 Å². The van der Waals surface area contributed by atoms with E-state index in [1.54, 1.807) is 0 Å². The number of rotatable bonds is 20. The molecule has 160 valence electrons. The zero-order chi connectivity index (χ0) is 20.0. The van der Waals surface area contributed by atoms with Crippen LogP contribution in [0.2, 0.25) is 0 Å². The normalized spacial score (nSPS) is 10.7. The Labute approximate surface area is 162 Å². The molecule has 0 aromatic heterocycles. The fraction of sp³-hybridized carbons (Fsp3) is 0.895. The molecule has 0 rings (SSSR count). The molecule has 0 bridgehead atoms. The van der Waals surface area contributed by atoms with E-state index in [4.69, 9.17) is 23.7 Å². The predicted molar refractivity (Wildman–Crippen MR) is 99.6 cm³/mol. The van der Waals surface area contributed by atoms with Gasteiger partial charge in [0.2, 0.25) is 0 Å². The Morgan fingerprint density at radius 3 is 1.63 bits per heavy atom. The van der Waals surface area contributed by atoms with E-state index in [-0.39, 0.29) is 25.0 Å². The van der Waals surface area contributed by atoms with E-state index in [2.05, 4.69) is 11.7 Å². The third-order valence-electron chi connectivity index (χ3n) is 3.52. The van der Waals surface area contributed by atoms with E-state index in [0.717, 1.165) is 25.7 Å². The first kappa shape index (κ1) is 25.8. The molecule has 8 heteroatoms. The van der Waals surface area contributed by atoms with Gasteiger partial charge in [-0.25, -0.2) is 0 Å². The lowest BCUT2D eigenvalue weighted by atomic mass is 10.2. The fourth-order valence-electron chi connectivity index (χ4n) is 2.00. The van der Waals surface area contributed by atoms with Gasteiger partial charge in [0.25, 0.3) is 0 Å². The molecule has 0 fully saturated rings. The smallest absolute Gasteiger partial charge is 0.307 e. The van der Waals surface area contributed by atoms with Gasteiger partial charge in [0.15, 0.2) is 0 Å². The maximum atomic E-state index is 11.4. The molecular weight excluding hydrogens is 356 g/mol. The van der Waals surface area contributed by atoms with Gasteiger partial charge in [-0.15, -0.1) is 0 Å². The number of unbranched alkanes of at least 4 members (excludes halogenated alkanes) is 3. The van der Waals surface area contributed by atoms with E-state index in [0.29, 0.717) is 59.3 Å². The lowest BCUT2D eigenvalue weighted by Gasteiger charge is -2.08. The molecule has 0 radical (unpaired) electrons. The highest BCUT2D eigenvalue weighted by Gasteiger charge is 2.02. The summed E-state index contributed by atoms with van der Waals surface area (Å²) in [5.41, 5.74) is 0. The third-order valence-corrected chi connectivity index (χ3v) is 3.52. The van der Waals surface area contributed by atoms with Crippen LogP contribution in [0.4, 0.5) is 0 Å². The molecule has 0 aliphatic carbocycles. The zero-order valence-electron chi connectivity index (χ0n) is 16.9. The molecule has 0 heterocycles. The number of ether oxygens (including phenoxy) is 6. The number of carbonyl (C=O) groups is 2. The maximum Gasteiger partial charge on any atom is 0.307 e. The molecule has 0 saturated carbocycles. The lowest BCUT2D eigenvalue weighted by molar-refractivity contribution is -0.145. The highest BCUT2D eigenvalue weighted by molar-refractivity contribution is 5.69. The summed E-state index contributed by atoms with van der Waals surface area (Å²) in [5.74, 6) is -0.440. The quantitative estimate of drug-likeness (QED) is 0.230. The molecule has 0 spiro atoms. The van der Waals surface area contributed by atoms with Gasteiger partial charge in [0.1, 0.15) is 6.61 Å². The number of hydrogen-bond donors (Lipinski definition) is 0. The number of carbonyl (C=O) groups excluding carboxylic acids is 2. The third kappa shape index (κ3) is 20.9. The van der Waals surface area contributed by atoms with Gasteiger partial charge in [-0.1, -0.05) is 26.2 Å². The molecule has 0 aromatic carbocycles. The van der Waals surface area contributed by atoms with E-state index >= 15 is 0 Å². The van der Waals surface area contributed by atoms with Crippen molar-refractivity contribution >= 4 is 11.9 Å². The molecule has 8 nitrogen and oxygen atoms in total. The Bertz CT molecular complexity index is 349. The fourth-order valence-corrected chi connectivity index (χ4v) is 2.00. The second-order valence-corrected chi connectivity index (χ2v) is 5.81. The Balaban J connectivity index is 3.12. The minimum Gasteiger partial charge on any atom is -0.469 e. The van der Waals surface area contributed by atoms with Crippen LogP contribution in [0.15, 0.2) is 0 Å². The Morgan fingerprint density at radius 1 is 0.593 bits per heavy atom. The standard InChI is InChI=1S/C19H36O8/c1-3-4-5-6-7-19(21)27-17-16-26-15-14-25-13-12-24-11-10-23-9-8-18(20)22-2/h3-17H2,1-2H3. The second-order valence-electron chi connectivity index (χ2n) is 5.81. The van der Waals surface area contributed by atoms with Crippen molar-refractivity contribution in [3.63, 3.8) is 0 Å². The van der Waals surface area contributed by atoms with Gasteiger partial charge in [0.05, 0.1) is 66.4 Å². The van der Waals surface area contributed by atoms with Crippen molar-refractivity contribution in [2.75, 3.05) is 66.6 Å². The Hall–Kier alpha value is -1.22. The van der Waals surface area contributed by atoms with Crippen LogP contribution >= 0.6 is 0 Å². The van der Waals surface area contributed by atoms with E-state index < -0.39 is 0 Å². The molecular formula is C19H36O8. The molecule has 27 heavy (non-hydrogen) atoms. The van der Waals surface area contributed by atoms with Crippen molar-refractivity contribution in [1.82, 2.24) is 0 Å². The number of methoxy groups -OCH3 is 1. The second kappa shape index (κ2) is 21.1. The summed E-state index contributed by atoms with van der Waals surface area (Å²) in [7, 11) is 1.35. The summed E-state index contributed by atoms with van der Waals surface area (Å²) in [6, 6.07) is 0. The summed E-state index contributed by atoms with van der Waals surface area (Å²) in [4.78, 5) is 22.3. The zero-order valence-corrected chi connectivity index (χ0v) is 16.9. The van der Waals surface area contributed by atoms with Gasteiger partial charge in [-0.05, 0) is 6.42 Å². The summed E-state index contributed by atoms with van der Waals surface area (Å²) < 4.78 is 30.8. The predicted octanol–water partition coefficient (Wildman–Crippen LogP) is 2.13. The van der Waals surface area contributed by atoms with Gasteiger partial charge in [-0.2, -0.15) is 0 Å². The van der Waals surface area contributed by atoms with Crippen LogP contribution in [-0.2, 0) is 38.0 Å². The Morgan fingerprint density at radius 2 is 1.11 bits per heavy atom. The molecule has 0 aliphatic heterocycles. The van der Waals surface area contributed by atoms with E-state index in [1.807, 2.05) is 0 Å². The van der Waals surface area contributed by atoms with Gasteiger partial charge in [-0.3, -0.25) is 9.59 Å². The lowest BCUT2D eigenvalue weighted by Crippen LogP contribution is -2.14. The summed E-state index contributed by atoms with van der Waals surface area (Å²) in [6.07, 6.45) is 5.02. The molecule has 0 N–H and O–H groups in total. The SMILES string of the molecule is CCCCCCC(=O)OCCOCCOCCOCCOCCC(=O)OC. The minimum atomic E-state index is -0.285. The number of hydrogen-bond acceptors (Lipinski definition) is 8. The Kier molecular flexibility index (Phi) is 20.1. The summed E-state index contributed by atoms with van der Waals surface area (Å²) in [6.45, 7) is 5.86. The summed E-state index contributed by atoms with van der Waals surface area (Å²) >= 11 is 0. The van der Waals surface area contributed by atoms with Crippen molar-refractivity contribution in [3.8, 4) is 0 Å². The maximum absolute atomic E-state index is 11.4. The first-order valence-electron chi connectivity index (χ1n) is 9.74. The van der Waals surface area contributed by atoms with Crippen molar-refractivity contribution in [3.05, 3.63) is 0 Å². The molecule has 0 unspecified atom stereocenters. The van der Waals surface area contributed by atoms with Gasteiger partial charge in [0, 0.05) is 6.42 Å². The highest BCUT2D eigenvalue weighted by Crippen LogP contribution is 2.03. The van der Waals surface area contributed by atoms with Crippen molar-refractivity contribution < 1.29 is 38.0 Å². The monoisotopic (exact) mass is 392 g/mol. The van der Waals surface area contributed by atoms with Gasteiger partial charge < -0.3 is 28.4 Å². The van der Waals surface area contributed by atoms with Crippen molar-refractivity contribution in [2.24, 2.45) is 0 Å². The van der Waals surface area contributed by atoms with Crippen LogP contribution in [0.1, 0.15) is 45.4 Å². The van der Waals surface area contributed by atoms with Crippen LogP contribution in [0.5, 0.6) is 0 Å². The van der Waals surface area contributed by atoms with Crippen LogP contribution in [0.3, 0.4) is 0 Å². The average Bonchev–Trinajstić information content (AvgIpc) is 2.68. The minimum absolute atomic E-state index is 0.155. The van der Waals surface area contributed by atoms with E-state index in [1.165, 1.54) is 7.11 Å². The van der Waals surface area contributed by atoms with Crippen LogP contribution in [-0.4, -0.2) is 78.5 Å². The van der Waals surface area contributed by atoms with Crippen LogP contribution in [0, 0.1) is 0 Å². The molecule has 0 aromatic rings. The molecule has 0 atom stereocenters. The topological polar surface area (TPSA) is 89.5 Å². The molecule has 0 amide bonds. The largest absolute Gasteiger partial charge is 0.469 e. The van der Waals surface area contributed by atoms with Crippen LogP contribution in [0.25, 0.3) is 0 Å².